The van der Waals surface area contributed by atoms with Gasteiger partial charge in [0.05, 0.1) is 5.69 Å². The molecule has 0 aromatic heterocycles. The third kappa shape index (κ3) is 3.20. The van der Waals surface area contributed by atoms with E-state index in [9.17, 15) is 4.39 Å². The Labute approximate surface area is 113 Å². The van der Waals surface area contributed by atoms with Gasteiger partial charge in [0.15, 0.2) is 0 Å². The normalized spacial score (nSPS) is 10.3. The largest absolute Gasteiger partial charge is 0.379 e. The van der Waals surface area contributed by atoms with Gasteiger partial charge < -0.3 is 5.32 Å². The molecule has 0 aliphatic carbocycles. The molecule has 0 saturated heterocycles. The Morgan fingerprint density at radius 2 is 1.94 bits per heavy atom. The van der Waals surface area contributed by atoms with Gasteiger partial charge in [-0.2, -0.15) is 0 Å². The molecule has 0 aliphatic rings. The van der Waals surface area contributed by atoms with Gasteiger partial charge in [0.1, 0.15) is 5.82 Å². The zero-order valence-corrected chi connectivity index (χ0v) is 11.2. The number of hydrogen-bond acceptors (Lipinski definition) is 1. The number of anilines is 1. The van der Waals surface area contributed by atoms with Crippen LogP contribution in [0.25, 0.3) is 0 Å². The molecule has 1 nitrogen and oxygen atoms in total. The Hall–Kier alpha value is -1.06. The summed E-state index contributed by atoms with van der Waals surface area (Å²) in [5.74, 6) is -0.304. The van der Waals surface area contributed by atoms with Crippen molar-refractivity contribution in [2.24, 2.45) is 0 Å². The summed E-state index contributed by atoms with van der Waals surface area (Å²) in [5, 5.41) is 3.54. The molecule has 0 aliphatic heterocycles. The molecule has 4 heteroatoms. The van der Waals surface area contributed by atoms with Crippen molar-refractivity contribution >= 4 is 33.2 Å². The molecule has 2 aromatic carbocycles. The monoisotopic (exact) mass is 313 g/mol. The minimum atomic E-state index is -0.304. The highest BCUT2D eigenvalue weighted by Crippen LogP contribution is 2.22. The highest BCUT2D eigenvalue weighted by Gasteiger charge is 2.03. The molecule has 0 fully saturated rings. The lowest BCUT2D eigenvalue weighted by Crippen LogP contribution is -2.01. The summed E-state index contributed by atoms with van der Waals surface area (Å²) >= 11 is 9.26. The van der Waals surface area contributed by atoms with E-state index in [4.69, 9.17) is 11.6 Å². The summed E-state index contributed by atoms with van der Waals surface area (Å²) in [6.45, 7) is 0.540. The molecule has 0 unspecified atom stereocenters. The van der Waals surface area contributed by atoms with Crippen LogP contribution in [0.15, 0.2) is 46.9 Å². The van der Waals surface area contributed by atoms with Crippen LogP contribution in [0.5, 0.6) is 0 Å². The van der Waals surface area contributed by atoms with Crippen LogP contribution >= 0.6 is 27.5 Å². The van der Waals surface area contributed by atoms with Crippen LogP contribution in [-0.4, -0.2) is 0 Å². The van der Waals surface area contributed by atoms with E-state index in [2.05, 4.69) is 21.2 Å². The third-order valence-corrected chi connectivity index (χ3v) is 3.36. The predicted octanol–water partition coefficient (Wildman–Crippen LogP) is 4.85. The summed E-state index contributed by atoms with van der Waals surface area (Å²) in [4.78, 5) is 0. The minimum absolute atomic E-state index is 0.304. The molecular formula is C13H10BrClFN. The number of halogens is 3. The molecule has 17 heavy (non-hydrogen) atoms. The first-order valence-corrected chi connectivity index (χ1v) is 6.26. The van der Waals surface area contributed by atoms with Crippen molar-refractivity contribution in [2.45, 2.75) is 6.54 Å². The lowest BCUT2D eigenvalue weighted by Gasteiger charge is -2.09. The van der Waals surface area contributed by atoms with Gasteiger partial charge in [0.2, 0.25) is 0 Å². The fourth-order valence-electron chi connectivity index (χ4n) is 1.47. The van der Waals surface area contributed by atoms with Crippen LogP contribution in [0.2, 0.25) is 5.02 Å². The molecule has 0 spiro atoms. The summed E-state index contributed by atoms with van der Waals surface area (Å²) < 4.78 is 14.4. The molecule has 2 aromatic rings. The SMILES string of the molecule is Fc1ccc(Cl)cc1NCc1ccccc1Br. The van der Waals surface area contributed by atoms with Gasteiger partial charge in [-0.25, -0.2) is 4.39 Å². The van der Waals surface area contributed by atoms with Gasteiger partial charge in [-0.3, -0.25) is 0 Å². The Bertz CT molecular complexity index is 531. The maximum atomic E-state index is 13.4. The van der Waals surface area contributed by atoms with Crippen LogP contribution in [0.1, 0.15) is 5.56 Å². The first-order valence-electron chi connectivity index (χ1n) is 5.09. The first-order chi connectivity index (χ1) is 8.16. The zero-order chi connectivity index (χ0) is 12.3. The Morgan fingerprint density at radius 1 is 1.18 bits per heavy atom. The highest BCUT2D eigenvalue weighted by molar-refractivity contribution is 9.10. The maximum absolute atomic E-state index is 13.4. The molecule has 0 bridgehead atoms. The highest BCUT2D eigenvalue weighted by atomic mass is 79.9. The van der Waals surface area contributed by atoms with Crippen molar-refractivity contribution in [3.05, 3.63) is 63.3 Å². The van der Waals surface area contributed by atoms with E-state index in [1.807, 2.05) is 24.3 Å². The number of nitrogens with one attached hydrogen (secondary N) is 1. The second-order valence-electron chi connectivity index (χ2n) is 3.57. The van der Waals surface area contributed by atoms with Crippen LogP contribution in [0.4, 0.5) is 10.1 Å². The summed E-state index contributed by atoms with van der Waals surface area (Å²) in [7, 11) is 0. The summed E-state index contributed by atoms with van der Waals surface area (Å²) in [5.41, 5.74) is 1.47. The number of benzene rings is 2. The quantitative estimate of drug-likeness (QED) is 0.853. The van der Waals surface area contributed by atoms with E-state index in [1.165, 1.54) is 12.1 Å². The lowest BCUT2D eigenvalue weighted by atomic mass is 10.2. The molecular weight excluding hydrogens is 305 g/mol. The van der Waals surface area contributed by atoms with Crippen molar-refractivity contribution in [3.63, 3.8) is 0 Å². The number of rotatable bonds is 3. The molecule has 0 radical (unpaired) electrons. The summed E-state index contributed by atoms with van der Waals surface area (Å²) in [6, 6.07) is 12.3. The molecule has 1 N–H and O–H groups in total. The van der Waals surface area contributed by atoms with Crippen molar-refractivity contribution in [2.75, 3.05) is 5.32 Å². The van der Waals surface area contributed by atoms with Crippen LogP contribution in [0.3, 0.4) is 0 Å². The topological polar surface area (TPSA) is 12.0 Å². The Balaban J connectivity index is 2.12. The first kappa shape index (κ1) is 12.4. The van der Waals surface area contributed by atoms with Gasteiger partial charge >= 0.3 is 0 Å². The zero-order valence-electron chi connectivity index (χ0n) is 8.88. The van der Waals surface area contributed by atoms with E-state index in [-0.39, 0.29) is 5.82 Å². The van der Waals surface area contributed by atoms with E-state index < -0.39 is 0 Å². The predicted molar refractivity (Wildman–Crippen MR) is 72.9 cm³/mol. The second-order valence-corrected chi connectivity index (χ2v) is 4.86. The van der Waals surface area contributed by atoms with E-state index in [0.29, 0.717) is 17.3 Å². The van der Waals surface area contributed by atoms with Gasteiger partial charge in [-0.05, 0) is 29.8 Å². The lowest BCUT2D eigenvalue weighted by molar-refractivity contribution is 0.630. The van der Waals surface area contributed by atoms with E-state index in [0.717, 1.165) is 10.0 Å². The minimum Gasteiger partial charge on any atom is -0.379 e. The molecule has 88 valence electrons. The smallest absolute Gasteiger partial charge is 0.146 e. The average molecular weight is 315 g/mol. The Kier molecular flexibility index (Phi) is 4.02. The van der Waals surface area contributed by atoms with Crippen molar-refractivity contribution in [3.8, 4) is 0 Å². The average Bonchev–Trinajstić information content (AvgIpc) is 2.32. The van der Waals surface area contributed by atoms with Crippen molar-refractivity contribution in [1.29, 1.82) is 0 Å². The number of hydrogen-bond donors (Lipinski definition) is 1. The standard InChI is InChI=1S/C13H10BrClFN/c14-11-4-2-1-3-9(11)8-17-13-7-10(15)5-6-12(13)16/h1-7,17H,8H2. The molecule has 0 amide bonds. The van der Waals surface area contributed by atoms with Crippen LogP contribution < -0.4 is 5.32 Å². The van der Waals surface area contributed by atoms with Crippen LogP contribution in [0, 0.1) is 5.82 Å². The van der Waals surface area contributed by atoms with Gasteiger partial charge in [-0.1, -0.05) is 45.7 Å². The van der Waals surface area contributed by atoms with Gasteiger partial charge in [-0.15, -0.1) is 0 Å². The van der Waals surface area contributed by atoms with Crippen molar-refractivity contribution in [1.82, 2.24) is 0 Å². The molecule has 0 heterocycles. The fourth-order valence-corrected chi connectivity index (χ4v) is 2.06. The van der Waals surface area contributed by atoms with Gasteiger partial charge in [0.25, 0.3) is 0 Å². The third-order valence-electron chi connectivity index (χ3n) is 2.36. The van der Waals surface area contributed by atoms with E-state index in [1.54, 1.807) is 6.07 Å². The summed E-state index contributed by atoms with van der Waals surface area (Å²) in [6.07, 6.45) is 0. The van der Waals surface area contributed by atoms with E-state index >= 15 is 0 Å². The fraction of sp³-hybridized carbons (Fsp3) is 0.0769. The maximum Gasteiger partial charge on any atom is 0.146 e. The van der Waals surface area contributed by atoms with Crippen LogP contribution in [-0.2, 0) is 6.54 Å². The molecule has 2 rings (SSSR count). The molecule has 0 saturated carbocycles. The second kappa shape index (κ2) is 5.52. The van der Waals surface area contributed by atoms with Crippen molar-refractivity contribution < 1.29 is 4.39 Å². The van der Waals surface area contributed by atoms with Gasteiger partial charge in [0, 0.05) is 16.0 Å². The molecule has 0 atom stereocenters. The Morgan fingerprint density at radius 3 is 2.71 bits per heavy atom.